The molecule has 390 valence electrons. The van der Waals surface area contributed by atoms with Crippen molar-refractivity contribution in [2.45, 2.75) is 267 Å². The molecule has 8 bridgehead atoms. The average molecular weight is 957 g/mol. The summed E-state index contributed by atoms with van der Waals surface area (Å²) in [4.78, 5) is 59.6. The number of hydrogen-bond acceptors (Lipinski definition) is 11. The molecule has 0 aromatic rings. The van der Waals surface area contributed by atoms with Crippen LogP contribution in [0.4, 0.5) is 0 Å². The summed E-state index contributed by atoms with van der Waals surface area (Å²) in [7, 11) is 0. The number of cyclic esters (lactones) is 1. The molecular weight excluding hydrogens is 861 g/mol. The van der Waals surface area contributed by atoms with Crippen molar-refractivity contribution in [1.29, 1.82) is 0 Å². The summed E-state index contributed by atoms with van der Waals surface area (Å²) in [6.45, 7) is 28.2. The zero-order valence-corrected chi connectivity index (χ0v) is 45.3. The van der Waals surface area contributed by atoms with Gasteiger partial charge >= 0.3 is 29.8 Å². The van der Waals surface area contributed by atoms with Crippen LogP contribution in [0.5, 0.6) is 0 Å². The van der Waals surface area contributed by atoms with E-state index in [2.05, 4.69) is 20.8 Å². The number of carbonyl (C=O) groups excluding carboxylic acids is 5. The first-order valence-corrected chi connectivity index (χ1v) is 27.3. The second-order valence-corrected chi connectivity index (χ2v) is 25.9. The minimum Gasteiger partial charge on any atom is -0.463 e. The molecule has 10 fully saturated rings. The Balaban J connectivity index is 0.000000171. The van der Waals surface area contributed by atoms with Crippen LogP contribution in [0.1, 0.15) is 238 Å². The molecule has 9 saturated carbocycles. The maximum absolute atomic E-state index is 12.5. The van der Waals surface area contributed by atoms with Crippen LogP contribution in [0.3, 0.4) is 0 Å². The molecule has 0 radical (unpaired) electrons. The molecular formula is C57H96O11. The molecule has 68 heavy (non-hydrogen) atoms. The van der Waals surface area contributed by atoms with Crippen LogP contribution in [-0.2, 0) is 47.7 Å². The number of carbonyl (C=O) groups is 5. The third-order valence-electron chi connectivity index (χ3n) is 19.0. The Bertz CT molecular complexity index is 1720. The largest absolute Gasteiger partial charge is 0.463 e. The van der Waals surface area contributed by atoms with Crippen molar-refractivity contribution in [1.82, 2.24) is 0 Å². The number of aliphatic hydroxyl groups is 1. The molecule has 0 aromatic carbocycles. The molecule has 10 aliphatic rings. The van der Waals surface area contributed by atoms with Crippen LogP contribution >= 0.6 is 0 Å². The highest BCUT2D eigenvalue weighted by Crippen LogP contribution is 2.61. The lowest BCUT2D eigenvalue weighted by Crippen LogP contribution is -2.61. The van der Waals surface area contributed by atoms with Gasteiger partial charge in [-0.3, -0.25) is 19.2 Å². The molecule has 1 N–H and O–H groups in total. The molecule has 11 nitrogen and oxygen atoms in total. The monoisotopic (exact) mass is 957 g/mol. The van der Waals surface area contributed by atoms with Crippen molar-refractivity contribution in [2.24, 2.45) is 57.2 Å². The van der Waals surface area contributed by atoms with E-state index >= 15 is 0 Å². The molecule has 0 spiro atoms. The van der Waals surface area contributed by atoms with Gasteiger partial charge < -0.3 is 28.8 Å². The van der Waals surface area contributed by atoms with Crippen molar-refractivity contribution in [2.75, 3.05) is 6.61 Å². The first-order valence-electron chi connectivity index (χ1n) is 27.3. The molecule has 0 aromatic heterocycles. The standard InChI is InChI=1S/C17H28O2.C16H26O3.C14H26O2.C10H16O4/c1-5-16(2,3)15(18)19-17(4)13-7-11-6-12(9-13)10-14(17)8-11;1-4-14(2,3)13(17)19-16-8-11-5-12(9-16)7-15(18,6-11)10-16;1-5-13(3,4)12(15)16-14(6-2)10-8-7-9-11-14;1-4-10(2,3)9(12)14-7-5-6-13-8(7)11/h11-14H,5-10H2,1-4H3;11-12,18H,4-10H2,1-3H3;5-11H2,1-4H3;7H,4-6H2,1-3H3. The summed E-state index contributed by atoms with van der Waals surface area (Å²) in [5, 5.41) is 10.6. The maximum atomic E-state index is 12.5. The highest BCUT2D eigenvalue weighted by atomic mass is 16.6. The van der Waals surface area contributed by atoms with Gasteiger partial charge in [0.25, 0.3) is 0 Å². The van der Waals surface area contributed by atoms with Crippen LogP contribution in [-0.4, -0.2) is 70.1 Å². The van der Waals surface area contributed by atoms with E-state index in [0.29, 0.717) is 49.5 Å². The molecule has 1 aliphatic heterocycles. The van der Waals surface area contributed by atoms with E-state index in [4.69, 9.17) is 23.7 Å². The minimum atomic E-state index is -0.687. The third-order valence-corrected chi connectivity index (χ3v) is 19.0. The summed E-state index contributed by atoms with van der Waals surface area (Å²) in [6, 6.07) is 0. The summed E-state index contributed by atoms with van der Waals surface area (Å²) in [5.41, 5.74) is -2.84. The van der Waals surface area contributed by atoms with Crippen LogP contribution in [0.2, 0.25) is 0 Å². The highest BCUT2D eigenvalue weighted by Gasteiger charge is 2.60. The Kier molecular flexibility index (Phi) is 17.8. The Morgan fingerprint density at radius 2 is 1.01 bits per heavy atom. The lowest BCUT2D eigenvalue weighted by molar-refractivity contribution is -0.225. The zero-order chi connectivity index (χ0) is 50.7. The van der Waals surface area contributed by atoms with Gasteiger partial charge in [0.2, 0.25) is 6.10 Å². The van der Waals surface area contributed by atoms with Crippen LogP contribution in [0.15, 0.2) is 0 Å². The van der Waals surface area contributed by atoms with E-state index in [1.165, 1.54) is 57.8 Å². The molecule has 3 atom stereocenters. The van der Waals surface area contributed by atoms with Crippen molar-refractivity contribution in [3.63, 3.8) is 0 Å². The van der Waals surface area contributed by atoms with E-state index < -0.39 is 28.5 Å². The molecule has 1 heterocycles. The fraction of sp³-hybridized carbons (Fsp3) is 0.912. The van der Waals surface area contributed by atoms with Gasteiger partial charge in [-0.25, -0.2) is 4.79 Å². The van der Waals surface area contributed by atoms with Crippen LogP contribution < -0.4 is 0 Å². The summed E-state index contributed by atoms with van der Waals surface area (Å²) in [5.74, 6) is 3.38. The molecule has 0 amide bonds. The number of esters is 5. The Hall–Kier alpha value is -2.69. The normalized spacial score (nSPS) is 34.2. The Morgan fingerprint density at radius 3 is 1.43 bits per heavy atom. The van der Waals surface area contributed by atoms with Gasteiger partial charge in [-0.2, -0.15) is 0 Å². The predicted octanol–water partition coefficient (Wildman–Crippen LogP) is 12.6. The summed E-state index contributed by atoms with van der Waals surface area (Å²) < 4.78 is 27.7. The van der Waals surface area contributed by atoms with E-state index in [0.717, 1.165) is 76.0 Å². The number of ether oxygens (including phenoxy) is 5. The summed E-state index contributed by atoms with van der Waals surface area (Å²) >= 11 is 0. The Morgan fingerprint density at radius 1 is 0.588 bits per heavy atom. The van der Waals surface area contributed by atoms with Crippen molar-refractivity contribution in [3.05, 3.63) is 0 Å². The smallest absolute Gasteiger partial charge is 0.347 e. The first-order chi connectivity index (χ1) is 31.5. The second-order valence-electron chi connectivity index (χ2n) is 25.9. The fourth-order valence-corrected chi connectivity index (χ4v) is 12.7. The van der Waals surface area contributed by atoms with Gasteiger partial charge in [0.1, 0.15) is 16.8 Å². The second kappa shape index (κ2) is 21.6. The topological polar surface area (TPSA) is 152 Å². The zero-order valence-electron chi connectivity index (χ0n) is 45.3. The van der Waals surface area contributed by atoms with Gasteiger partial charge in [0, 0.05) is 12.8 Å². The molecule has 1 saturated heterocycles. The third kappa shape index (κ3) is 13.0. The minimum absolute atomic E-state index is 0.0150. The van der Waals surface area contributed by atoms with E-state index in [-0.39, 0.29) is 51.5 Å². The predicted molar refractivity (Wildman–Crippen MR) is 264 cm³/mol. The first kappa shape index (κ1) is 56.2. The molecule has 11 heteroatoms. The molecule has 9 aliphatic carbocycles. The van der Waals surface area contributed by atoms with Crippen molar-refractivity contribution < 1.29 is 52.8 Å². The van der Waals surface area contributed by atoms with E-state index in [9.17, 15) is 29.1 Å². The van der Waals surface area contributed by atoms with E-state index in [1.807, 2.05) is 62.3 Å². The van der Waals surface area contributed by atoms with Gasteiger partial charge in [0.15, 0.2) is 0 Å². The Labute approximate surface area is 411 Å². The van der Waals surface area contributed by atoms with Crippen molar-refractivity contribution >= 4 is 29.8 Å². The van der Waals surface area contributed by atoms with Gasteiger partial charge in [0.05, 0.1) is 33.9 Å². The number of hydrogen-bond donors (Lipinski definition) is 1. The maximum Gasteiger partial charge on any atom is 0.347 e. The lowest BCUT2D eigenvalue weighted by atomic mass is 9.50. The van der Waals surface area contributed by atoms with E-state index in [1.54, 1.807) is 13.8 Å². The summed E-state index contributed by atoms with van der Waals surface area (Å²) in [6.07, 6.45) is 22.0. The number of rotatable bonds is 13. The molecule has 10 rings (SSSR count). The quantitative estimate of drug-likeness (QED) is 0.139. The average Bonchev–Trinajstić information content (AvgIpc) is 3.68. The highest BCUT2D eigenvalue weighted by molar-refractivity contribution is 5.83. The van der Waals surface area contributed by atoms with Crippen LogP contribution in [0.25, 0.3) is 0 Å². The van der Waals surface area contributed by atoms with Crippen molar-refractivity contribution in [3.8, 4) is 0 Å². The van der Waals surface area contributed by atoms with Gasteiger partial charge in [-0.05, 0) is 220 Å². The SMILES string of the molecule is CCC(C)(C)C(=O)OC1(C)C2CC3CC(C2)CC1C3.CCC(C)(C)C(=O)OC12CC3CC(CC(O)(C3)C1)C2.CCC(C)(C)C(=O)OC1CCOC1=O.CCC1(OC(=O)C(C)(C)CC)CCCCC1. The van der Waals surface area contributed by atoms with Gasteiger partial charge in [-0.15, -0.1) is 0 Å². The fourth-order valence-electron chi connectivity index (χ4n) is 12.7. The van der Waals surface area contributed by atoms with Gasteiger partial charge in [-0.1, -0.05) is 41.0 Å². The van der Waals surface area contributed by atoms with Crippen LogP contribution in [0, 0.1) is 57.2 Å². The molecule has 3 unspecified atom stereocenters. The lowest BCUT2D eigenvalue weighted by Gasteiger charge is -2.59.